The lowest BCUT2D eigenvalue weighted by Crippen LogP contribution is -2.37. The third kappa shape index (κ3) is 4.25. The van der Waals surface area contributed by atoms with E-state index in [1.807, 2.05) is 4.90 Å². The molecule has 0 radical (unpaired) electrons. The number of carbonyl (C=O) groups is 1. The number of nitro benzene ring substituents is 1. The van der Waals surface area contributed by atoms with Crippen molar-refractivity contribution in [3.05, 3.63) is 64.3 Å². The molecule has 1 aliphatic heterocycles. The van der Waals surface area contributed by atoms with Gasteiger partial charge < -0.3 is 18.9 Å². The number of non-ortho nitro benzene ring substituents is 1. The maximum absolute atomic E-state index is 12.7. The first-order valence-electron chi connectivity index (χ1n) is 9.13. The van der Waals surface area contributed by atoms with Crippen LogP contribution in [0.25, 0.3) is 11.4 Å². The van der Waals surface area contributed by atoms with Crippen molar-refractivity contribution < 1.29 is 23.7 Å². The molecular formula is C19H17N5O6. The van der Waals surface area contributed by atoms with Crippen molar-refractivity contribution in [2.24, 2.45) is 0 Å². The number of pyridine rings is 1. The summed E-state index contributed by atoms with van der Waals surface area (Å²) in [5.41, 5.74) is 1.11. The average Bonchev–Trinajstić information content (AvgIpc) is 3.27. The summed E-state index contributed by atoms with van der Waals surface area (Å²) >= 11 is 0. The van der Waals surface area contributed by atoms with E-state index in [9.17, 15) is 14.9 Å². The summed E-state index contributed by atoms with van der Waals surface area (Å²) in [6, 6.07) is 7.63. The third-order valence-electron chi connectivity index (χ3n) is 4.48. The Morgan fingerprint density at radius 3 is 2.83 bits per heavy atom. The number of nitrogens with zero attached hydrogens (tertiary/aromatic N) is 5. The molecule has 0 amide bonds. The van der Waals surface area contributed by atoms with Crippen LogP contribution in [0.15, 0.2) is 47.2 Å². The van der Waals surface area contributed by atoms with Crippen LogP contribution >= 0.6 is 0 Å². The largest absolute Gasteiger partial charge is 0.452 e. The molecular weight excluding hydrogens is 394 g/mol. The van der Waals surface area contributed by atoms with Gasteiger partial charge in [0, 0.05) is 43.2 Å². The minimum Gasteiger partial charge on any atom is -0.452 e. The molecule has 1 fully saturated rings. The van der Waals surface area contributed by atoms with E-state index in [2.05, 4.69) is 15.1 Å². The molecule has 0 N–H and O–H groups in total. The Morgan fingerprint density at radius 1 is 1.27 bits per heavy atom. The van der Waals surface area contributed by atoms with Gasteiger partial charge in [0.25, 0.3) is 11.6 Å². The Balaban J connectivity index is 1.51. The topological polar surface area (TPSA) is 134 Å². The predicted molar refractivity (Wildman–Crippen MR) is 103 cm³/mol. The third-order valence-corrected chi connectivity index (χ3v) is 4.48. The number of ether oxygens (including phenoxy) is 2. The fourth-order valence-corrected chi connectivity index (χ4v) is 3.01. The van der Waals surface area contributed by atoms with E-state index in [4.69, 9.17) is 14.0 Å². The number of nitro groups is 1. The molecule has 154 valence electrons. The Labute approximate surface area is 170 Å². The highest BCUT2D eigenvalue weighted by molar-refractivity contribution is 5.96. The van der Waals surface area contributed by atoms with Gasteiger partial charge in [-0.2, -0.15) is 4.98 Å². The van der Waals surface area contributed by atoms with Gasteiger partial charge in [0.05, 0.1) is 29.4 Å². The summed E-state index contributed by atoms with van der Waals surface area (Å²) < 4.78 is 15.7. The fourth-order valence-electron chi connectivity index (χ4n) is 3.01. The second-order valence-corrected chi connectivity index (χ2v) is 6.39. The first kappa shape index (κ1) is 19.5. The fraction of sp³-hybridized carbons (Fsp3) is 0.263. The summed E-state index contributed by atoms with van der Waals surface area (Å²) in [6.07, 6.45) is 3.20. The van der Waals surface area contributed by atoms with Crippen molar-refractivity contribution >= 4 is 17.3 Å². The highest BCUT2D eigenvalue weighted by Crippen LogP contribution is 2.27. The number of esters is 1. The van der Waals surface area contributed by atoms with Crippen LogP contribution in [0.5, 0.6) is 0 Å². The van der Waals surface area contributed by atoms with Gasteiger partial charge in [-0.1, -0.05) is 5.16 Å². The van der Waals surface area contributed by atoms with E-state index in [1.165, 1.54) is 12.1 Å². The lowest BCUT2D eigenvalue weighted by atomic mass is 10.1. The molecule has 11 nitrogen and oxygen atoms in total. The van der Waals surface area contributed by atoms with E-state index in [0.717, 1.165) is 0 Å². The molecule has 1 aliphatic rings. The molecule has 0 atom stereocenters. The number of hydrogen-bond acceptors (Lipinski definition) is 10. The summed E-state index contributed by atoms with van der Waals surface area (Å²) in [5.74, 6) is -0.305. The van der Waals surface area contributed by atoms with E-state index in [0.29, 0.717) is 43.4 Å². The number of benzene rings is 1. The monoisotopic (exact) mass is 411 g/mol. The van der Waals surface area contributed by atoms with Crippen molar-refractivity contribution in [2.75, 3.05) is 31.2 Å². The van der Waals surface area contributed by atoms with Gasteiger partial charge in [-0.3, -0.25) is 15.1 Å². The van der Waals surface area contributed by atoms with Crippen molar-refractivity contribution in [3.63, 3.8) is 0 Å². The quantitative estimate of drug-likeness (QED) is 0.338. The maximum atomic E-state index is 12.7. The van der Waals surface area contributed by atoms with Gasteiger partial charge in [-0.05, 0) is 18.2 Å². The summed E-state index contributed by atoms with van der Waals surface area (Å²) in [6.45, 7) is 1.87. The molecule has 11 heteroatoms. The zero-order chi connectivity index (χ0) is 20.9. The molecule has 30 heavy (non-hydrogen) atoms. The molecule has 1 saturated heterocycles. The lowest BCUT2D eigenvalue weighted by molar-refractivity contribution is -0.384. The van der Waals surface area contributed by atoms with Gasteiger partial charge in [-0.25, -0.2) is 4.79 Å². The van der Waals surface area contributed by atoms with Crippen LogP contribution in [0.1, 0.15) is 16.2 Å². The standard InChI is InChI=1S/C19H17N5O6/c25-19(29-12-17-21-18(22-30-17)13-2-1-5-20-11-13)15-10-14(24(26)27)3-4-16(15)23-6-8-28-9-7-23/h1-5,10-11H,6-9,12H2. The predicted octanol–water partition coefficient (Wildman–Crippen LogP) is 2.23. The number of carbonyl (C=O) groups excluding carboxylic acids is 1. The normalized spacial score (nSPS) is 13.8. The minimum atomic E-state index is -0.721. The van der Waals surface area contributed by atoms with E-state index < -0.39 is 10.9 Å². The molecule has 0 bridgehead atoms. The molecule has 0 saturated carbocycles. The molecule has 0 aliphatic carbocycles. The van der Waals surface area contributed by atoms with Gasteiger partial charge in [0.1, 0.15) is 0 Å². The average molecular weight is 411 g/mol. The van der Waals surface area contributed by atoms with Crippen LogP contribution in [-0.4, -0.2) is 52.3 Å². The first-order valence-corrected chi connectivity index (χ1v) is 9.13. The Bertz CT molecular complexity index is 1050. The SMILES string of the molecule is O=C(OCc1nc(-c2cccnc2)no1)c1cc([N+](=O)[O-])ccc1N1CCOCC1. The van der Waals surface area contributed by atoms with E-state index in [1.54, 1.807) is 30.6 Å². The van der Waals surface area contributed by atoms with Gasteiger partial charge in [0.15, 0.2) is 6.61 Å². The second-order valence-electron chi connectivity index (χ2n) is 6.39. The van der Waals surface area contributed by atoms with E-state index >= 15 is 0 Å². The molecule has 4 rings (SSSR count). The number of aromatic nitrogens is 3. The van der Waals surface area contributed by atoms with Crippen LogP contribution in [0.2, 0.25) is 0 Å². The molecule has 1 aromatic carbocycles. The number of hydrogen-bond donors (Lipinski definition) is 0. The van der Waals surface area contributed by atoms with Gasteiger partial charge >= 0.3 is 5.97 Å². The zero-order valence-electron chi connectivity index (χ0n) is 15.8. The zero-order valence-corrected chi connectivity index (χ0v) is 15.8. The first-order chi connectivity index (χ1) is 14.6. The van der Waals surface area contributed by atoms with Crippen molar-refractivity contribution in [2.45, 2.75) is 6.61 Å². The highest BCUT2D eigenvalue weighted by Gasteiger charge is 2.23. The molecule has 0 unspecified atom stereocenters. The summed E-state index contributed by atoms with van der Waals surface area (Å²) in [7, 11) is 0. The Kier molecular flexibility index (Phi) is 5.61. The lowest BCUT2D eigenvalue weighted by Gasteiger charge is -2.30. The second kappa shape index (κ2) is 8.66. The maximum Gasteiger partial charge on any atom is 0.341 e. The van der Waals surface area contributed by atoms with E-state index in [-0.39, 0.29) is 23.7 Å². The summed E-state index contributed by atoms with van der Waals surface area (Å²) in [4.78, 5) is 33.4. The van der Waals surface area contributed by atoms with Crippen LogP contribution in [0.4, 0.5) is 11.4 Å². The number of anilines is 1. The summed E-state index contributed by atoms with van der Waals surface area (Å²) in [5, 5.41) is 15.0. The van der Waals surface area contributed by atoms with Crippen LogP contribution < -0.4 is 4.90 Å². The van der Waals surface area contributed by atoms with Crippen molar-refractivity contribution in [1.82, 2.24) is 15.1 Å². The molecule has 0 spiro atoms. The van der Waals surface area contributed by atoms with Crippen LogP contribution in [-0.2, 0) is 16.1 Å². The Morgan fingerprint density at radius 2 is 2.10 bits per heavy atom. The van der Waals surface area contributed by atoms with Gasteiger partial charge in [0.2, 0.25) is 5.82 Å². The smallest absolute Gasteiger partial charge is 0.341 e. The molecule has 3 heterocycles. The van der Waals surface area contributed by atoms with Crippen LogP contribution in [0, 0.1) is 10.1 Å². The van der Waals surface area contributed by atoms with Gasteiger partial charge in [-0.15, -0.1) is 0 Å². The number of morpholine rings is 1. The van der Waals surface area contributed by atoms with Crippen molar-refractivity contribution in [1.29, 1.82) is 0 Å². The van der Waals surface area contributed by atoms with Crippen molar-refractivity contribution in [3.8, 4) is 11.4 Å². The Hall–Kier alpha value is -3.86. The highest BCUT2D eigenvalue weighted by atomic mass is 16.6. The number of rotatable bonds is 6. The minimum absolute atomic E-state index is 0.0955. The van der Waals surface area contributed by atoms with Crippen LogP contribution in [0.3, 0.4) is 0 Å². The molecule has 3 aromatic rings. The molecule has 2 aromatic heterocycles.